The Hall–Kier alpha value is -3.13. The molecule has 8 nitrogen and oxygen atoms in total. The van der Waals surface area contributed by atoms with Gasteiger partial charge in [0.05, 0.1) is 19.1 Å². The monoisotopic (exact) mass is 360 g/mol. The molecule has 0 saturated carbocycles. The van der Waals surface area contributed by atoms with Gasteiger partial charge in [-0.3, -0.25) is 14.9 Å². The Morgan fingerprint density at radius 3 is 2.46 bits per heavy atom. The summed E-state index contributed by atoms with van der Waals surface area (Å²) in [6, 6.07) is 10.5. The molecule has 0 aliphatic carbocycles. The van der Waals surface area contributed by atoms with Crippen molar-refractivity contribution >= 4 is 11.7 Å². The SMILES string of the molecule is COC(=O)C(N)Cc1ccc(OC)c(COc2ccc([N+](=O)[O-])cc2)c1. The Balaban J connectivity index is 2.10. The van der Waals surface area contributed by atoms with Crippen LogP contribution in [-0.4, -0.2) is 31.2 Å². The molecule has 138 valence electrons. The lowest BCUT2D eigenvalue weighted by molar-refractivity contribution is -0.384. The summed E-state index contributed by atoms with van der Waals surface area (Å²) in [5.41, 5.74) is 7.39. The van der Waals surface area contributed by atoms with Gasteiger partial charge in [-0.05, 0) is 36.2 Å². The predicted octanol–water partition coefficient (Wildman–Crippen LogP) is 2.23. The molecule has 1 unspecified atom stereocenters. The van der Waals surface area contributed by atoms with E-state index in [0.717, 1.165) is 11.1 Å². The highest BCUT2D eigenvalue weighted by Crippen LogP contribution is 2.24. The fourth-order valence-corrected chi connectivity index (χ4v) is 2.39. The van der Waals surface area contributed by atoms with Gasteiger partial charge < -0.3 is 19.9 Å². The summed E-state index contributed by atoms with van der Waals surface area (Å²) in [4.78, 5) is 21.7. The maximum Gasteiger partial charge on any atom is 0.322 e. The van der Waals surface area contributed by atoms with Crippen LogP contribution in [0.3, 0.4) is 0 Å². The summed E-state index contributed by atoms with van der Waals surface area (Å²) < 4.78 is 15.6. The first-order valence-corrected chi connectivity index (χ1v) is 7.81. The van der Waals surface area contributed by atoms with Gasteiger partial charge in [-0.1, -0.05) is 6.07 Å². The zero-order valence-corrected chi connectivity index (χ0v) is 14.5. The van der Waals surface area contributed by atoms with E-state index in [1.165, 1.54) is 31.4 Å². The minimum atomic E-state index is -0.753. The minimum Gasteiger partial charge on any atom is -0.496 e. The number of nitrogens with two attached hydrogens (primary N) is 1. The molecular formula is C18H20N2O6. The predicted molar refractivity (Wildman–Crippen MR) is 94.1 cm³/mol. The molecule has 0 radical (unpaired) electrons. The maximum atomic E-state index is 11.5. The Bertz CT molecular complexity index is 776. The first-order chi connectivity index (χ1) is 12.4. The Kier molecular flexibility index (Phi) is 6.51. The number of nitro groups is 1. The summed E-state index contributed by atoms with van der Waals surface area (Å²) in [6.45, 7) is 0.197. The number of nitro benzene ring substituents is 1. The molecule has 2 N–H and O–H groups in total. The number of carbonyl (C=O) groups excluding carboxylic acids is 1. The second-order valence-electron chi connectivity index (χ2n) is 5.52. The summed E-state index contributed by atoms with van der Waals surface area (Å²) in [5.74, 6) is 0.640. The average Bonchev–Trinajstić information content (AvgIpc) is 2.66. The molecule has 0 amide bonds. The van der Waals surface area contributed by atoms with E-state index in [1.807, 2.05) is 12.1 Å². The van der Waals surface area contributed by atoms with Crippen LogP contribution in [-0.2, 0) is 22.6 Å². The van der Waals surface area contributed by atoms with E-state index in [9.17, 15) is 14.9 Å². The van der Waals surface area contributed by atoms with E-state index in [0.29, 0.717) is 17.9 Å². The molecule has 0 aliphatic heterocycles. The molecule has 0 aliphatic rings. The van der Waals surface area contributed by atoms with Crippen molar-refractivity contribution in [1.82, 2.24) is 0 Å². The molecule has 0 fully saturated rings. The van der Waals surface area contributed by atoms with E-state index in [2.05, 4.69) is 4.74 Å². The molecular weight excluding hydrogens is 340 g/mol. The first-order valence-electron chi connectivity index (χ1n) is 7.81. The van der Waals surface area contributed by atoms with Crippen molar-refractivity contribution in [2.75, 3.05) is 14.2 Å². The van der Waals surface area contributed by atoms with Gasteiger partial charge in [0, 0.05) is 17.7 Å². The topological polar surface area (TPSA) is 114 Å². The van der Waals surface area contributed by atoms with Gasteiger partial charge in [0.15, 0.2) is 0 Å². The van der Waals surface area contributed by atoms with E-state index in [1.54, 1.807) is 13.2 Å². The molecule has 0 bridgehead atoms. The number of esters is 1. The third-order valence-electron chi connectivity index (χ3n) is 3.75. The molecule has 0 heterocycles. The molecule has 0 aromatic heterocycles. The second kappa shape index (κ2) is 8.82. The lowest BCUT2D eigenvalue weighted by atomic mass is 10.0. The molecule has 0 spiro atoms. The summed E-state index contributed by atoms with van der Waals surface area (Å²) in [5, 5.41) is 10.7. The number of nitrogens with zero attached hydrogens (tertiary/aromatic N) is 1. The van der Waals surface area contributed by atoms with Gasteiger partial charge in [-0.15, -0.1) is 0 Å². The van der Waals surface area contributed by atoms with Crippen LogP contribution in [0.5, 0.6) is 11.5 Å². The third-order valence-corrected chi connectivity index (χ3v) is 3.75. The highest BCUT2D eigenvalue weighted by Gasteiger charge is 2.15. The van der Waals surface area contributed by atoms with Crippen molar-refractivity contribution in [2.45, 2.75) is 19.1 Å². The van der Waals surface area contributed by atoms with Gasteiger partial charge in [0.1, 0.15) is 24.1 Å². The van der Waals surface area contributed by atoms with Gasteiger partial charge in [-0.2, -0.15) is 0 Å². The lowest BCUT2D eigenvalue weighted by Crippen LogP contribution is -2.33. The Labute approximate surface area is 150 Å². The number of non-ortho nitro benzene ring substituents is 1. The summed E-state index contributed by atoms with van der Waals surface area (Å²) in [7, 11) is 2.84. The van der Waals surface area contributed by atoms with Crippen LogP contribution >= 0.6 is 0 Å². The number of hydrogen-bond acceptors (Lipinski definition) is 7. The highest BCUT2D eigenvalue weighted by atomic mass is 16.6. The maximum absolute atomic E-state index is 11.5. The third kappa shape index (κ3) is 4.93. The smallest absolute Gasteiger partial charge is 0.322 e. The molecule has 2 rings (SSSR count). The summed E-state index contributed by atoms with van der Waals surface area (Å²) >= 11 is 0. The van der Waals surface area contributed by atoms with Crippen molar-refractivity contribution in [1.29, 1.82) is 0 Å². The number of methoxy groups -OCH3 is 2. The fourth-order valence-electron chi connectivity index (χ4n) is 2.39. The van der Waals surface area contributed by atoms with Crippen molar-refractivity contribution in [3.63, 3.8) is 0 Å². The van der Waals surface area contributed by atoms with Crippen molar-refractivity contribution in [2.24, 2.45) is 5.73 Å². The van der Waals surface area contributed by atoms with Gasteiger partial charge in [0.2, 0.25) is 0 Å². The second-order valence-corrected chi connectivity index (χ2v) is 5.52. The van der Waals surface area contributed by atoms with Crippen LogP contribution in [0.25, 0.3) is 0 Å². The van der Waals surface area contributed by atoms with Crippen LogP contribution in [0.1, 0.15) is 11.1 Å². The lowest BCUT2D eigenvalue weighted by Gasteiger charge is -2.14. The highest BCUT2D eigenvalue weighted by molar-refractivity contribution is 5.75. The van der Waals surface area contributed by atoms with Crippen LogP contribution < -0.4 is 15.2 Å². The number of carbonyl (C=O) groups is 1. The molecule has 2 aromatic rings. The van der Waals surface area contributed by atoms with E-state index in [-0.39, 0.29) is 12.3 Å². The molecule has 26 heavy (non-hydrogen) atoms. The number of ether oxygens (including phenoxy) is 3. The quantitative estimate of drug-likeness (QED) is 0.436. The molecule has 0 saturated heterocycles. The van der Waals surface area contributed by atoms with Gasteiger partial charge >= 0.3 is 5.97 Å². The van der Waals surface area contributed by atoms with E-state index >= 15 is 0 Å². The van der Waals surface area contributed by atoms with Crippen molar-refractivity contribution in [3.05, 3.63) is 63.7 Å². The molecule has 8 heteroatoms. The molecule has 2 aromatic carbocycles. The Morgan fingerprint density at radius 2 is 1.88 bits per heavy atom. The van der Waals surface area contributed by atoms with E-state index < -0.39 is 16.9 Å². The minimum absolute atomic E-state index is 0.00581. The zero-order chi connectivity index (χ0) is 19.1. The first kappa shape index (κ1) is 19.2. The van der Waals surface area contributed by atoms with Crippen LogP contribution in [0.4, 0.5) is 5.69 Å². The van der Waals surface area contributed by atoms with Crippen molar-refractivity contribution < 1.29 is 23.9 Å². The van der Waals surface area contributed by atoms with Crippen LogP contribution in [0, 0.1) is 10.1 Å². The van der Waals surface area contributed by atoms with Crippen LogP contribution in [0.2, 0.25) is 0 Å². The number of hydrogen-bond donors (Lipinski definition) is 1. The number of rotatable bonds is 8. The molecule has 1 atom stereocenters. The largest absolute Gasteiger partial charge is 0.496 e. The normalized spacial score (nSPS) is 11.5. The number of benzene rings is 2. The summed E-state index contributed by atoms with van der Waals surface area (Å²) in [6.07, 6.45) is 0.321. The fraction of sp³-hybridized carbons (Fsp3) is 0.278. The zero-order valence-electron chi connectivity index (χ0n) is 14.5. The van der Waals surface area contributed by atoms with Gasteiger partial charge in [0.25, 0.3) is 5.69 Å². The van der Waals surface area contributed by atoms with Crippen LogP contribution in [0.15, 0.2) is 42.5 Å². The van der Waals surface area contributed by atoms with Crippen molar-refractivity contribution in [3.8, 4) is 11.5 Å². The van der Waals surface area contributed by atoms with E-state index in [4.69, 9.17) is 15.2 Å². The standard InChI is InChI=1S/C18H20N2O6/c1-24-17-8-3-12(10-16(19)18(21)25-2)9-13(17)11-26-15-6-4-14(5-7-15)20(22)23/h3-9,16H,10-11,19H2,1-2H3. The average molecular weight is 360 g/mol. The van der Waals surface area contributed by atoms with Gasteiger partial charge in [-0.25, -0.2) is 0 Å². The Morgan fingerprint density at radius 1 is 1.19 bits per heavy atom.